The molecule has 0 radical (unpaired) electrons. The zero-order chi connectivity index (χ0) is 16.7. The summed E-state index contributed by atoms with van der Waals surface area (Å²) in [4.78, 5) is 1.74. The highest BCUT2D eigenvalue weighted by Gasteiger charge is 2.21. The second-order valence-electron chi connectivity index (χ2n) is 5.19. The third-order valence-electron chi connectivity index (χ3n) is 3.91. The Balaban J connectivity index is 3.08. The van der Waals surface area contributed by atoms with Gasteiger partial charge in [0.05, 0.1) is 13.7 Å². The lowest BCUT2D eigenvalue weighted by molar-refractivity contribution is 0.0860. The van der Waals surface area contributed by atoms with E-state index in [-0.39, 0.29) is 12.6 Å². The summed E-state index contributed by atoms with van der Waals surface area (Å²) in [6, 6.07) is 3.87. The van der Waals surface area contributed by atoms with Crippen molar-refractivity contribution in [2.75, 3.05) is 33.8 Å². The topological polar surface area (TPSA) is 24.5 Å². The smallest absolute Gasteiger partial charge is 0.251 e. The molecule has 3 nitrogen and oxygen atoms in total. The van der Waals surface area contributed by atoms with E-state index < -0.39 is 6.43 Å². The van der Waals surface area contributed by atoms with Gasteiger partial charge in [0, 0.05) is 18.2 Å². The number of hydrogen-bond acceptors (Lipinski definition) is 3. The van der Waals surface area contributed by atoms with Crippen molar-refractivity contribution in [3.05, 3.63) is 35.4 Å². The lowest BCUT2D eigenvalue weighted by atomic mass is 9.98. The van der Waals surface area contributed by atoms with Crippen LogP contribution in [0.4, 0.5) is 8.78 Å². The molecule has 1 unspecified atom stereocenters. The van der Waals surface area contributed by atoms with E-state index in [9.17, 15) is 8.78 Å². The van der Waals surface area contributed by atoms with Crippen LogP contribution in [0.1, 0.15) is 29.7 Å². The van der Waals surface area contributed by atoms with Gasteiger partial charge in [0.25, 0.3) is 6.43 Å². The molecular formula is C17H26F2N2O. The van der Waals surface area contributed by atoms with Gasteiger partial charge in [0.15, 0.2) is 0 Å². The van der Waals surface area contributed by atoms with Crippen LogP contribution < -0.4 is 10.1 Å². The van der Waals surface area contributed by atoms with Gasteiger partial charge in [0.2, 0.25) is 0 Å². The van der Waals surface area contributed by atoms with Crippen molar-refractivity contribution in [1.82, 2.24) is 10.2 Å². The lowest BCUT2D eigenvalue weighted by Gasteiger charge is -2.28. The van der Waals surface area contributed by atoms with E-state index in [4.69, 9.17) is 4.74 Å². The number of rotatable bonds is 9. The minimum Gasteiger partial charge on any atom is -0.496 e. The van der Waals surface area contributed by atoms with E-state index in [1.165, 1.54) is 0 Å². The van der Waals surface area contributed by atoms with Gasteiger partial charge in [-0.05, 0) is 31.6 Å². The summed E-state index contributed by atoms with van der Waals surface area (Å²) in [6.07, 6.45) is -0.547. The number of hydrogen-bond donors (Lipinski definition) is 1. The van der Waals surface area contributed by atoms with Gasteiger partial charge in [-0.15, -0.1) is 0 Å². The van der Waals surface area contributed by atoms with E-state index in [1.807, 2.05) is 33.0 Å². The molecule has 0 amide bonds. The molecule has 1 rings (SSSR count). The Hall–Kier alpha value is -1.46. The summed E-state index contributed by atoms with van der Waals surface area (Å²) < 4.78 is 30.8. The second kappa shape index (κ2) is 8.86. The molecule has 0 aliphatic carbocycles. The fourth-order valence-electron chi connectivity index (χ4n) is 2.63. The highest BCUT2D eigenvalue weighted by molar-refractivity contribution is 5.59. The van der Waals surface area contributed by atoms with Crippen LogP contribution in [0, 0.1) is 6.92 Å². The van der Waals surface area contributed by atoms with E-state index in [0.29, 0.717) is 13.1 Å². The molecule has 0 aliphatic heterocycles. The van der Waals surface area contributed by atoms with E-state index in [0.717, 1.165) is 22.4 Å². The Morgan fingerprint density at radius 3 is 2.50 bits per heavy atom. The summed E-state index contributed by atoms with van der Waals surface area (Å²) in [5, 5.41) is 3.20. The van der Waals surface area contributed by atoms with E-state index in [2.05, 4.69) is 11.9 Å². The van der Waals surface area contributed by atoms with Crippen molar-refractivity contribution in [2.24, 2.45) is 0 Å². The standard InChI is InChI=1S/C17H26F2N2O/c1-6-13-8-9-14(17(22-5)12(13)3)15(20-4)10-21(7-2)11-16(18)19/h6,8-9,15-16,20H,1,7,10-11H2,2-5H3. The first-order chi connectivity index (χ1) is 10.5. The van der Waals surface area contributed by atoms with Crippen LogP contribution in [0.3, 0.4) is 0 Å². The Labute approximate surface area is 132 Å². The molecule has 5 heteroatoms. The monoisotopic (exact) mass is 312 g/mol. The SMILES string of the molecule is C=Cc1ccc(C(CN(CC)CC(F)F)NC)c(OC)c1C. The predicted molar refractivity (Wildman–Crippen MR) is 87.7 cm³/mol. The van der Waals surface area contributed by atoms with Gasteiger partial charge in [-0.3, -0.25) is 4.90 Å². The number of halogens is 2. The van der Waals surface area contributed by atoms with Crippen molar-refractivity contribution in [1.29, 1.82) is 0 Å². The number of ether oxygens (including phenoxy) is 1. The van der Waals surface area contributed by atoms with Gasteiger partial charge in [0.1, 0.15) is 5.75 Å². The van der Waals surface area contributed by atoms with Crippen LogP contribution in [0.15, 0.2) is 18.7 Å². The first-order valence-corrected chi connectivity index (χ1v) is 7.46. The fourth-order valence-corrected chi connectivity index (χ4v) is 2.63. The van der Waals surface area contributed by atoms with Crippen molar-refractivity contribution in [3.63, 3.8) is 0 Å². The number of nitrogens with one attached hydrogen (secondary N) is 1. The third kappa shape index (κ3) is 4.52. The molecule has 0 bridgehead atoms. The predicted octanol–water partition coefficient (Wildman–Crippen LogP) is 3.49. The van der Waals surface area contributed by atoms with Crippen LogP contribution in [0.25, 0.3) is 6.08 Å². The summed E-state index contributed by atoms with van der Waals surface area (Å²) in [5.74, 6) is 0.782. The largest absolute Gasteiger partial charge is 0.496 e. The van der Waals surface area contributed by atoms with Crippen LogP contribution in [0.5, 0.6) is 5.75 Å². The highest BCUT2D eigenvalue weighted by Crippen LogP contribution is 2.32. The van der Waals surface area contributed by atoms with E-state index in [1.54, 1.807) is 18.1 Å². The van der Waals surface area contributed by atoms with Crippen molar-refractivity contribution >= 4 is 6.08 Å². The summed E-state index contributed by atoms with van der Waals surface area (Å²) in [7, 11) is 3.46. The molecule has 0 fully saturated rings. The molecule has 0 aromatic heterocycles. The Bertz CT molecular complexity index is 492. The second-order valence-corrected chi connectivity index (χ2v) is 5.19. The molecular weight excluding hydrogens is 286 g/mol. The van der Waals surface area contributed by atoms with Gasteiger partial charge < -0.3 is 10.1 Å². The summed E-state index contributed by atoms with van der Waals surface area (Å²) >= 11 is 0. The van der Waals surface area contributed by atoms with Crippen molar-refractivity contribution in [2.45, 2.75) is 26.3 Å². The van der Waals surface area contributed by atoms with Gasteiger partial charge in [-0.25, -0.2) is 8.78 Å². The molecule has 1 N–H and O–H groups in total. The van der Waals surface area contributed by atoms with E-state index >= 15 is 0 Å². The van der Waals surface area contributed by atoms with Gasteiger partial charge >= 0.3 is 0 Å². The molecule has 0 aliphatic rings. The summed E-state index contributed by atoms with van der Waals surface area (Å²) in [5.41, 5.74) is 2.99. The molecule has 22 heavy (non-hydrogen) atoms. The maximum absolute atomic E-state index is 12.6. The van der Waals surface area contributed by atoms with Crippen LogP contribution in [-0.2, 0) is 0 Å². The summed E-state index contributed by atoms with van der Waals surface area (Å²) in [6.45, 7) is 8.51. The molecule has 124 valence electrons. The average molecular weight is 312 g/mol. The highest BCUT2D eigenvalue weighted by atomic mass is 19.3. The number of nitrogens with zero attached hydrogens (tertiary/aromatic N) is 1. The Morgan fingerprint density at radius 2 is 2.05 bits per heavy atom. The third-order valence-corrected chi connectivity index (χ3v) is 3.91. The zero-order valence-corrected chi connectivity index (χ0v) is 13.8. The molecule has 0 saturated carbocycles. The maximum Gasteiger partial charge on any atom is 0.251 e. The molecule has 0 saturated heterocycles. The quantitative estimate of drug-likeness (QED) is 0.755. The average Bonchev–Trinajstić information content (AvgIpc) is 2.50. The number of benzene rings is 1. The first-order valence-electron chi connectivity index (χ1n) is 7.46. The van der Waals surface area contributed by atoms with Crippen LogP contribution in [-0.4, -0.2) is 45.1 Å². The molecule has 1 aromatic carbocycles. The number of methoxy groups -OCH3 is 1. The molecule has 1 atom stereocenters. The van der Waals surface area contributed by atoms with Gasteiger partial charge in [-0.1, -0.05) is 31.7 Å². The lowest BCUT2D eigenvalue weighted by Crippen LogP contribution is -2.36. The molecule has 1 aromatic rings. The normalized spacial score (nSPS) is 12.7. The molecule has 0 spiro atoms. The van der Waals surface area contributed by atoms with Gasteiger partial charge in [-0.2, -0.15) is 0 Å². The van der Waals surface area contributed by atoms with Crippen LogP contribution in [0.2, 0.25) is 0 Å². The Kier molecular flexibility index (Phi) is 7.48. The maximum atomic E-state index is 12.6. The minimum absolute atomic E-state index is 0.0776. The molecule has 0 heterocycles. The fraction of sp³-hybridized carbons (Fsp3) is 0.529. The van der Waals surface area contributed by atoms with Crippen LogP contribution >= 0.6 is 0 Å². The minimum atomic E-state index is -2.33. The zero-order valence-electron chi connectivity index (χ0n) is 13.8. The number of likely N-dealkylation sites (N-methyl/N-ethyl adjacent to an activating group) is 2. The number of alkyl halides is 2. The first kappa shape index (κ1) is 18.6. The van der Waals surface area contributed by atoms with Crippen molar-refractivity contribution < 1.29 is 13.5 Å². The Morgan fingerprint density at radius 1 is 1.36 bits per heavy atom. The van der Waals surface area contributed by atoms with Crippen molar-refractivity contribution in [3.8, 4) is 5.75 Å².